The molecular formula is C16H26N2O2. The molecule has 2 aliphatic rings. The van der Waals surface area contributed by atoms with Crippen LogP contribution in [0.5, 0.6) is 0 Å². The van der Waals surface area contributed by atoms with Crippen LogP contribution in [-0.4, -0.2) is 37.2 Å². The van der Waals surface area contributed by atoms with Gasteiger partial charge in [-0.1, -0.05) is 13.8 Å². The van der Waals surface area contributed by atoms with E-state index in [1.165, 1.54) is 6.42 Å². The highest BCUT2D eigenvalue weighted by Gasteiger charge is 2.39. The van der Waals surface area contributed by atoms with Crippen molar-refractivity contribution in [1.29, 1.82) is 0 Å². The molecule has 0 bridgehead atoms. The summed E-state index contributed by atoms with van der Waals surface area (Å²) in [5.41, 5.74) is 5.90. The lowest BCUT2D eigenvalue weighted by Gasteiger charge is -2.39. The maximum absolute atomic E-state index is 6.15. The summed E-state index contributed by atoms with van der Waals surface area (Å²) in [6.45, 7) is 7.84. The third kappa shape index (κ3) is 2.65. The van der Waals surface area contributed by atoms with Gasteiger partial charge in [0.25, 0.3) is 0 Å². The molecule has 3 rings (SSSR count). The van der Waals surface area contributed by atoms with E-state index in [2.05, 4.69) is 30.9 Å². The highest BCUT2D eigenvalue weighted by molar-refractivity contribution is 5.20. The van der Waals surface area contributed by atoms with Crippen molar-refractivity contribution >= 4 is 0 Å². The Morgan fingerprint density at radius 2 is 2.10 bits per heavy atom. The molecule has 2 N–H and O–H groups in total. The van der Waals surface area contributed by atoms with Crippen molar-refractivity contribution in [3.8, 4) is 0 Å². The largest absolute Gasteiger partial charge is 0.464 e. The van der Waals surface area contributed by atoms with Crippen molar-refractivity contribution in [3.63, 3.8) is 0 Å². The summed E-state index contributed by atoms with van der Waals surface area (Å²) < 4.78 is 12.0. The Morgan fingerprint density at radius 3 is 2.75 bits per heavy atom. The maximum Gasteiger partial charge on any atom is 0.124 e. The topological polar surface area (TPSA) is 51.6 Å². The van der Waals surface area contributed by atoms with Crippen LogP contribution in [0, 0.1) is 5.92 Å². The molecule has 20 heavy (non-hydrogen) atoms. The van der Waals surface area contributed by atoms with E-state index in [0.29, 0.717) is 12.5 Å². The fraction of sp³-hybridized carbons (Fsp3) is 0.750. The highest BCUT2D eigenvalue weighted by atomic mass is 16.5. The van der Waals surface area contributed by atoms with Crippen molar-refractivity contribution in [1.82, 2.24) is 4.90 Å². The lowest BCUT2D eigenvalue weighted by molar-refractivity contribution is -0.0741. The molecule has 1 aromatic rings. The summed E-state index contributed by atoms with van der Waals surface area (Å²) in [4.78, 5) is 2.46. The van der Waals surface area contributed by atoms with Gasteiger partial charge in [0.1, 0.15) is 11.5 Å². The lowest BCUT2D eigenvalue weighted by atomic mass is 10.0. The normalized spacial score (nSPS) is 34.4. The van der Waals surface area contributed by atoms with E-state index >= 15 is 0 Å². The molecule has 0 spiro atoms. The average Bonchev–Trinajstić information content (AvgIpc) is 3.01. The zero-order valence-electron chi connectivity index (χ0n) is 12.5. The SMILES string of the molecule is CCCN1CCOC(CN)C1c1ccc(C2CC2C)o1. The molecule has 2 fully saturated rings. The Labute approximate surface area is 121 Å². The zero-order valence-corrected chi connectivity index (χ0v) is 12.5. The molecule has 4 heteroatoms. The quantitative estimate of drug-likeness (QED) is 0.899. The van der Waals surface area contributed by atoms with Crippen molar-refractivity contribution < 1.29 is 9.15 Å². The third-order valence-electron chi connectivity index (χ3n) is 4.61. The van der Waals surface area contributed by atoms with Crippen LogP contribution in [0.3, 0.4) is 0 Å². The van der Waals surface area contributed by atoms with Crippen LogP contribution < -0.4 is 5.73 Å². The van der Waals surface area contributed by atoms with Gasteiger partial charge in [-0.3, -0.25) is 4.90 Å². The molecule has 4 nitrogen and oxygen atoms in total. The highest BCUT2D eigenvalue weighted by Crippen LogP contribution is 2.48. The van der Waals surface area contributed by atoms with Gasteiger partial charge in [-0.15, -0.1) is 0 Å². The molecule has 0 radical (unpaired) electrons. The number of hydrogen-bond donors (Lipinski definition) is 1. The summed E-state index contributed by atoms with van der Waals surface area (Å²) in [7, 11) is 0. The summed E-state index contributed by atoms with van der Waals surface area (Å²) in [6.07, 6.45) is 2.44. The van der Waals surface area contributed by atoms with E-state index in [9.17, 15) is 0 Å². The van der Waals surface area contributed by atoms with Crippen LogP contribution in [0.15, 0.2) is 16.5 Å². The van der Waals surface area contributed by atoms with Crippen LogP contribution in [0.1, 0.15) is 50.2 Å². The number of ether oxygens (including phenoxy) is 1. The first kappa shape index (κ1) is 14.1. The first-order chi connectivity index (χ1) is 9.74. The molecule has 4 unspecified atom stereocenters. The molecule has 1 saturated carbocycles. The second kappa shape index (κ2) is 5.88. The third-order valence-corrected chi connectivity index (χ3v) is 4.61. The van der Waals surface area contributed by atoms with Gasteiger partial charge < -0.3 is 14.9 Å². The van der Waals surface area contributed by atoms with E-state index in [4.69, 9.17) is 14.9 Å². The summed E-state index contributed by atoms with van der Waals surface area (Å²) in [6, 6.07) is 4.46. The molecule has 1 saturated heterocycles. The first-order valence-electron chi connectivity index (χ1n) is 7.90. The van der Waals surface area contributed by atoms with Crippen molar-refractivity contribution in [2.24, 2.45) is 11.7 Å². The number of rotatable bonds is 5. The summed E-state index contributed by atoms with van der Waals surface area (Å²) in [5.74, 6) is 3.57. The zero-order chi connectivity index (χ0) is 14.1. The molecule has 0 amide bonds. The molecule has 1 aliphatic carbocycles. The van der Waals surface area contributed by atoms with Gasteiger partial charge in [-0.05, 0) is 37.4 Å². The van der Waals surface area contributed by atoms with E-state index in [0.717, 1.165) is 43.6 Å². The van der Waals surface area contributed by atoms with E-state index in [-0.39, 0.29) is 12.1 Å². The minimum atomic E-state index is 0.0472. The monoisotopic (exact) mass is 278 g/mol. The molecule has 4 atom stereocenters. The second-order valence-corrected chi connectivity index (χ2v) is 6.19. The average molecular weight is 278 g/mol. The smallest absolute Gasteiger partial charge is 0.124 e. The Balaban J connectivity index is 1.80. The molecular weight excluding hydrogens is 252 g/mol. The summed E-state index contributed by atoms with van der Waals surface area (Å²) >= 11 is 0. The van der Waals surface area contributed by atoms with E-state index in [1.54, 1.807) is 0 Å². The number of hydrogen-bond acceptors (Lipinski definition) is 4. The molecule has 2 heterocycles. The van der Waals surface area contributed by atoms with Gasteiger partial charge in [-0.25, -0.2) is 0 Å². The van der Waals surface area contributed by atoms with E-state index in [1.807, 2.05) is 0 Å². The van der Waals surface area contributed by atoms with Gasteiger partial charge in [-0.2, -0.15) is 0 Å². The number of morpholine rings is 1. The molecule has 1 aromatic heterocycles. The van der Waals surface area contributed by atoms with Crippen LogP contribution in [0.4, 0.5) is 0 Å². The number of nitrogens with two attached hydrogens (primary N) is 1. The van der Waals surface area contributed by atoms with E-state index < -0.39 is 0 Å². The molecule has 0 aromatic carbocycles. The lowest BCUT2D eigenvalue weighted by Crippen LogP contribution is -2.48. The van der Waals surface area contributed by atoms with Crippen LogP contribution >= 0.6 is 0 Å². The van der Waals surface area contributed by atoms with Crippen LogP contribution in [-0.2, 0) is 4.74 Å². The Bertz CT molecular complexity index is 443. The fourth-order valence-corrected chi connectivity index (χ4v) is 3.33. The Hall–Kier alpha value is -0.840. The van der Waals surface area contributed by atoms with Crippen molar-refractivity contribution in [2.45, 2.75) is 44.8 Å². The van der Waals surface area contributed by atoms with Gasteiger partial charge in [0.05, 0.1) is 18.8 Å². The molecule has 112 valence electrons. The van der Waals surface area contributed by atoms with Crippen molar-refractivity contribution in [3.05, 3.63) is 23.7 Å². The number of nitrogens with zero attached hydrogens (tertiary/aromatic N) is 1. The maximum atomic E-state index is 6.15. The van der Waals surface area contributed by atoms with Crippen LogP contribution in [0.25, 0.3) is 0 Å². The van der Waals surface area contributed by atoms with Gasteiger partial charge in [0.15, 0.2) is 0 Å². The molecule has 1 aliphatic heterocycles. The predicted octanol–water partition coefficient (Wildman–Crippen LogP) is 2.51. The first-order valence-corrected chi connectivity index (χ1v) is 7.90. The van der Waals surface area contributed by atoms with Crippen LogP contribution in [0.2, 0.25) is 0 Å². The standard InChI is InChI=1S/C16H26N2O2/c1-3-6-18-7-8-19-15(10-17)16(18)14-5-4-13(20-14)12-9-11(12)2/h4-5,11-12,15-16H,3,6-10,17H2,1-2H3. The van der Waals surface area contributed by atoms with Crippen molar-refractivity contribution in [2.75, 3.05) is 26.2 Å². The van der Waals surface area contributed by atoms with Gasteiger partial charge in [0.2, 0.25) is 0 Å². The summed E-state index contributed by atoms with van der Waals surface area (Å²) in [5, 5.41) is 0. The second-order valence-electron chi connectivity index (χ2n) is 6.19. The van der Waals surface area contributed by atoms with Gasteiger partial charge in [0, 0.05) is 19.0 Å². The number of furan rings is 1. The Morgan fingerprint density at radius 1 is 1.35 bits per heavy atom. The fourth-order valence-electron chi connectivity index (χ4n) is 3.33. The Kier molecular flexibility index (Phi) is 4.15. The minimum Gasteiger partial charge on any atom is -0.464 e. The van der Waals surface area contributed by atoms with Gasteiger partial charge >= 0.3 is 0 Å². The predicted molar refractivity (Wildman–Crippen MR) is 78.6 cm³/mol. The minimum absolute atomic E-state index is 0.0472.